The van der Waals surface area contributed by atoms with Crippen molar-refractivity contribution in [2.24, 2.45) is 0 Å². The van der Waals surface area contributed by atoms with Crippen LogP contribution in [0.3, 0.4) is 0 Å². The van der Waals surface area contributed by atoms with Gasteiger partial charge in [0, 0.05) is 24.8 Å². The Hall–Kier alpha value is -2.66. The van der Waals surface area contributed by atoms with Gasteiger partial charge < -0.3 is 4.90 Å². The fourth-order valence-electron chi connectivity index (χ4n) is 2.80. The normalized spacial score (nSPS) is 11.8. The Balaban J connectivity index is 1.70. The Morgan fingerprint density at radius 3 is 2.33 bits per heavy atom. The summed E-state index contributed by atoms with van der Waals surface area (Å²) in [5.41, 5.74) is 3.93. The monoisotopic (exact) mass is 377 g/mol. The van der Waals surface area contributed by atoms with Crippen LogP contribution in [0.2, 0.25) is 0 Å². The average molecular weight is 378 g/mol. The Bertz CT molecular complexity index is 900. The third-order valence-electron chi connectivity index (χ3n) is 4.17. The zero-order chi connectivity index (χ0) is 19.2. The summed E-state index contributed by atoms with van der Waals surface area (Å²) in [6, 6.07) is 22.0. The molecule has 0 aliphatic carbocycles. The molecule has 0 saturated heterocycles. The fraction of sp³-hybridized carbons (Fsp3) is 0.227. The predicted molar refractivity (Wildman–Crippen MR) is 110 cm³/mol. The molecule has 0 spiro atoms. The molecule has 5 heteroatoms. The Kier molecular flexibility index (Phi) is 6.24. The molecule has 1 aromatic heterocycles. The van der Waals surface area contributed by atoms with Gasteiger partial charge >= 0.3 is 0 Å². The van der Waals surface area contributed by atoms with E-state index in [9.17, 15) is 4.79 Å². The first-order valence-electron chi connectivity index (χ1n) is 8.89. The number of nitrogens with zero attached hydrogens (tertiary/aromatic N) is 3. The number of amides is 1. The van der Waals surface area contributed by atoms with Crippen LogP contribution in [0.5, 0.6) is 0 Å². The van der Waals surface area contributed by atoms with Gasteiger partial charge in [-0.25, -0.2) is 9.97 Å². The number of thioether (sulfide) groups is 1. The summed E-state index contributed by atoms with van der Waals surface area (Å²) in [5, 5.41) is 0.368. The second kappa shape index (κ2) is 8.82. The molecule has 3 rings (SSSR count). The fourth-order valence-corrected chi connectivity index (χ4v) is 3.75. The molecule has 0 radical (unpaired) electrons. The summed E-state index contributed by atoms with van der Waals surface area (Å²) in [6.07, 6.45) is 0. The topological polar surface area (TPSA) is 46.1 Å². The van der Waals surface area contributed by atoms with E-state index in [1.807, 2.05) is 87.6 Å². The summed E-state index contributed by atoms with van der Waals surface area (Å²) in [5.74, 6) is 0.0650. The number of aromatic nitrogens is 2. The van der Waals surface area contributed by atoms with E-state index in [-0.39, 0.29) is 11.2 Å². The van der Waals surface area contributed by atoms with Crippen molar-refractivity contribution in [1.82, 2.24) is 14.9 Å². The highest BCUT2D eigenvalue weighted by atomic mass is 32.2. The lowest BCUT2D eigenvalue weighted by molar-refractivity contribution is -0.129. The molecule has 1 atom stereocenters. The van der Waals surface area contributed by atoms with Crippen LogP contribution in [0.25, 0.3) is 11.3 Å². The molecule has 1 amide bonds. The van der Waals surface area contributed by atoms with Gasteiger partial charge in [-0.15, -0.1) is 0 Å². The number of hydrogen-bond donors (Lipinski definition) is 0. The second-order valence-electron chi connectivity index (χ2n) is 6.48. The van der Waals surface area contributed by atoms with Gasteiger partial charge in [0.25, 0.3) is 0 Å². The molecule has 0 unspecified atom stereocenters. The molecule has 2 aromatic carbocycles. The zero-order valence-corrected chi connectivity index (χ0v) is 16.6. The van der Waals surface area contributed by atoms with Gasteiger partial charge in [-0.3, -0.25) is 4.79 Å². The van der Waals surface area contributed by atoms with Gasteiger partial charge in [-0.05, 0) is 25.5 Å². The first-order valence-corrected chi connectivity index (χ1v) is 9.77. The minimum absolute atomic E-state index is 0.0650. The smallest absolute Gasteiger partial charge is 0.235 e. The molecule has 27 heavy (non-hydrogen) atoms. The lowest BCUT2D eigenvalue weighted by atomic mass is 10.1. The molecular weight excluding hydrogens is 354 g/mol. The molecule has 0 bridgehead atoms. The van der Waals surface area contributed by atoms with Crippen LogP contribution in [0.4, 0.5) is 0 Å². The van der Waals surface area contributed by atoms with E-state index < -0.39 is 0 Å². The molecule has 3 aromatic rings. The first kappa shape index (κ1) is 19.1. The molecule has 1 heterocycles. The predicted octanol–water partition coefficient (Wildman–Crippen LogP) is 4.59. The quantitative estimate of drug-likeness (QED) is 0.465. The van der Waals surface area contributed by atoms with Crippen LogP contribution in [0.1, 0.15) is 18.2 Å². The van der Waals surface area contributed by atoms with Crippen molar-refractivity contribution < 1.29 is 4.79 Å². The van der Waals surface area contributed by atoms with Crippen molar-refractivity contribution in [3.05, 3.63) is 78.0 Å². The molecule has 0 aliphatic heterocycles. The number of aryl methyl sites for hydroxylation is 1. The molecule has 138 valence electrons. The maximum atomic E-state index is 12.7. The Morgan fingerprint density at radius 2 is 1.67 bits per heavy atom. The minimum atomic E-state index is -0.260. The van der Waals surface area contributed by atoms with E-state index in [1.54, 1.807) is 4.90 Å². The van der Waals surface area contributed by atoms with Crippen molar-refractivity contribution in [2.75, 3.05) is 7.05 Å². The molecule has 0 aliphatic rings. The maximum absolute atomic E-state index is 12.7. The van der Waals surface area contributed by atoms with Gasteiger partial charge in [0.05, 0.1) is 10.9 Å². The van der Waals surface area contributed by atoms with E-state index in [1.165, 1.54) is 11.8 Å². The largest absolute Gasteiger partial charge is 0.340 e. The van der Waals surface area contributed by atoms with Crippen LogP contribution >= 0.6 is 11.8 Å². The van der Waals surface area contributed by atoms with Crippen molar-refractivity contribution in [3.63, 3.8) is 0 Å². The van der Waals surface area contributed by atoms with Crippen LogP contribution in [0, 0.1) is 6.92 Å². The van der Waals surface area contributed by atoms with Gasteiger partial charge in [0.15, 0.2) is 5.16 Å². The van der Waals surface area contributed by atoms with Crippen LogP contribution in [-0.2, 0) is 11.3 Å². The molecule has 4 nitrogen and oxygen atoms in total. The van der Waals surface area contributed by atoms with Gasteiger partial charge in [0.2, 0.25) is 5.91 Å². The summed E-state index contributed by atoms with van der Waals surface area (Å²) in [4.78, 5) is 23.6. The van der Waals surface area contributed by atoms with E-state index in [4.69, 9.17) is 0 Å². The Labute approximate surface area is 164 Å². The Morgan fingerprint density at radius 1 is 1.04 bits per heavy atom. The van der Waals surface area contributed by atoms with Crippen LogP contribution in [-0.4, -0.2) is 33.1 Å². The summed E-state index contributed by atoms with van der Waals surface area (Å²) in [6.45, 7) is 4.45. The van der Waals surface area contributed by atoms with Crippen LogP contribution < -0.4 is 0 Å². The highest BCUT2D eigenvalue weighted by Gasteiger charge is 2.20. The number of carbonyl (C=O) groups excluding carboxylic acids is 1. The second-order valence-corrected chi connectivity index (χ2v) is 7.79. The molecular formula is C22H23N3OS. The van der Waals surface area contributed by atoms with E-state index >= 15 is 0 Å². The third kappa shape index (κ3) is 5.17. The SMILES string of the molecule is Cc1cc(-c2ccccc2)nc(S[C@@H](C)C(=O)N(C)Cc2ccccc2)n1. The summed E-state index contributed by atoms with van der Waals surface area (Å²) < 4.78 is 0. The average Bonchev–Trinajstić information content (AvgIpc) is 2.68. The zero-order valence-electron chi connectivity index (χ0n) is 15.8. The van der Waals surface area contributed by atoms with Crippen LogP contribution in [0.15, 0.2) is 71.9 Å². The van der Waals surface area contributed by atoms with Crippen molar-refractivity contribution in [3.8, 4) is 11.3 Å². The van der Waals surface area contributed by atoms with Crippen molar-refractivity contribution in [1.29, 1.82) is 0 Å². The maximum Gasteiger partial charge on any atom is 0.235 e. The summed E-state index contributed by atoms with van der Waals surface area (Å²) >= 11 is 1.40. The van der Waals surface area contributed by atoms with Crippen molar-refractivity contribution >= 4 is 17.7 Å². The molecule has 0 N–H and O–H groups in total. The van der Waals surface area contributed by atoms with Crippen molar-refractivity contribution in [2.45, 2.75) is 30.8 Å². The highest BCUT2D eigenvalue weighted by Crippen LogP contribution is 2.25. The number of carbonyl (C=O) groups is 1. The molecule has 0 fully saturated rings. The lowest BCUT2D eigenvalue weighted by Crippen LogP contribution is -2.32. The standard InChI is InChI=1S/C22H23N3OS/c1-16-14-20(19-12-8-5-9-13-19)24-22(23-16)27-17(2)21(26)25(3)15-18-10-6-4-7-11-18/h4-14,17H,15H2,1-3H3/t17-/m0/s1. The summed E-state index contributed by atoms with van der Waals surface area (Å²) in [7, 11) is 1.83. The third-order valence-corrected chi connectivity index (χ3v) is 5.12. The van der Waals surface area contributed by atoms with E-state index in [0.717, 1.165) is 22.5 Å². The van der Waals surface area contributed by atoms with E-state index in [2.05, 4.69) is 9.97 Å². The van der Waals surface area contributed by atoms with Gasteiger partial charge in [-0.1, -0.05) is 72.4 Å². The number of benzene rings is 2. The number of rotatable bonds is 6. The lowest BCUT2D eigenvalue weighted by Gasteiger charge is -2.21. The number of hydrogen-bond acceptors (Lipinski definition) is 4. The minimum Gasteiger partial charge on any atom is -0.340 e. The van der Waals surface area contributed by atoms with Gasteiger partial charge in [0.1, 0.15) is 0 Å². The highest BCUT2D eigenvalue weighted by molar-refractivity contribution is 8.00. The van der Waals surface area contributed by atoms with E-state index in [0.29, 0.717) is 11.7 Å². The van der Waals surface area contributed by atoms with Gasteiger partial charge in [-0.2, -0.15) is 0 Å². The first-order chi connectivity index (χ1) is 13.0. The molecule has 0 saturated carbocycles.